The largest absolute Gasteiger partial charge is 0.353 e. The second-order valence-electron chi connectivity index (χ2n) is 4.92. The van der Waals surface area contributed by atoms with Crippen molar-refractivity contribution >= 4 is 29.0 Å². The summed E-state index contributed by atoms with van der Waals surface area (Å²) in [5, 5.41) is 0.775. The fourth-order valence-electron chi connectivity index (χ4n) is 2.20. The van der Waals surface area contributed by atoms with Gasteiger partial charge in [-0.15, -0.1) is 11.6 Å². The Hall–Kier alpha value is -1.25. The highest BCUT2D eigenvalue weighted by Gasteiger charge is 2.16. The van der Waals surface area contributed by atoms with Crippen LogP contribution in [0.25, 0.3) is 0 Å². The highest BCUT2D eigenvalue weighted by molar-refractivity contribution is 6.31. The summed E-state index contributed by atoms with van der Waals surface area (Å²) in [7, 11) is 2.02. The normalized spacial score (nSPS) is 12.2. The van der Waals surface area contributed by atoms with Crippen molar-refractivity contribution in [2.45, 2.75) is 25.8 Å². The van der Waals surface area contributed by atoms with E-state index >= 15 is 0 Å². The Balaban J connectivity index is 2.33. The second-order valence-corrected chi connectivity index (χ2v) is 5.59. The molecule has 0 aliphatic rings. The van der Waals surface area contributed by atoms with E-state index in [9.17, 15) is 0 Å². The summed E-state index contributed by atoms with van der Waals surface area (Å²) in [6.07, 6.45) is 0. The smallest absolute Gasteiger partial charge is 0.129 e. The molecule has 4 heteroatoms. The van der Waals surface area contributed by atoms with Gasteiger partial charge in [-0.1, -0.05) is 29.8 Å². The van der Waals surface area contributed by atoms with Crippen LogP contribution in [0.1, 0.15) is 29.8 Å². The predicted octanol–water partition coefficient (Wildman–Crippen LogP) is 4.98. The number of hydrogen-bond donors (Lipinski definition) is 0. The first-order chi connectivity index (χ1) is 9.52. The Bertz CT molecular complexity index is 599. The van der Waals surface area contributed by atoms with Crippen molar-refractivity contribution in [3.63, 3.8) is 0 Å². The van der Waals surface area contributed by atoms with Gasteiger partial charge in [-0.05, 0) is 43.2 Å². The molecule has 2 rings (SSSR count). The number of benzene rings is 1. The number of aryl methyl sites for hydroxylation is 1. The van der Waals surface area contributed by atoms with Gasteiger partial charge in [-0.3, -0.25) is 0 Å². The minimum Gasteiger partial charge on any atom is -0.353 e. The van der Waals surface area contributed by atoms with Crippen LogP contribution in [0.2, 0.25) is 5.02 Å². The van der Waals surface area contributed by atoms with Crippen LogP contribution in [0, 0.1) is 6.92 Å². The van der Waals surface area contributed by atoms with E-state index in [0.717, 1.165) is 27.7 Å². The summed E-state index contributed by atoms with van der Waals surface area (Å²) in [5.41, 5.74) is 3.14. The third-order valence-corrected chi connectivity index (χ3v) is 4.10. The lowest BCUT2D eigenvalue weighted by atomic mass is 10.1. The van der Waals surface area contributed by atoms with Crippen LogP contribution in [0.5, 0.6) is 0 Å². The molecule has 0 radical (unpaired) electrons. The second kappa shape index (κ2) is 6.47. The van der Waals surface area contributed by atoms with Crippen molar-refractivity contribution in [3.05, 3.63) is 58.2 Å². The molecule has 0 spiro atoms. The number of alkyl halides is 1. The Morgan fingerprint density at radius 1 is 1.25 bits per heavy atom. The Kier molecular flexibility index (Phi) is 4.90. The van der Waals surface area contributed by atoms with Gasteiger partial charge in [0.25, 0.3) is 0 Å². The van der Waals surface area contributed by atoms with Crippen molar-refractivity contribution < 1.29 is 0 Å². The molecule has 1 aromatic carbocycles. The first-order valence-electron chi connectivity index (χ1n) is 6.53. The highest BCUT2D eigenvalue weighted by atomic mass is 35.5. The lowest BCUT2D eigenvalue weighted by Crippen LogP contribution is -2.23. The minimum atomic E-state index is 0.140. The van der Waals surface area contributed by atoms with E-state index in [0.29, 0.717) is 5.88 Å². The molecule has 0 saturated heterocycles. The molecule has 106 valence electrons. The Morgan fingerprint density at radius 2 is 1.95 bits per heavy atom. The molecule has 1 heterocycles. The van der Waals surface area contributed by atoms with Gasteiger partial charge in [0.1, 0.15) is 5.82 Å². The molecule has 0 amide bonds. The van der Waals surface area contributed by atoms with Gasteiger partial charge < -0.3 is 4.90 Å². The molecule has 2 aromatic rings. The summed E-state index contributed by atoms with van der Waals surface area (Å²) in [5.74, 6) is 1.40. The predicted molar refractivity (Wildman–Crippen MR) is 86.8 cm³/mol. The zero-order chi connectivity index (χ0) is 14.7. The van der Waals surface area contributed by atoms with Gasteiger partial charge in [-0.25, -0.2) is 4.98 Å². The van der Waals surface area contributed by atoms with E-state index in [1.807, 2.05) is 50.4 Å². The standard InChI is InChI=1S/C16H18Cl2N2/c1-11-8-13(10-17)9-16(19-11)20(3)12(2)14-6-4-5-7-15(14)18/h4-9,12H,10H2,1-3H3. The molecule has 1 atom stereocenters. The van der Waals surface area contributed by atoms with Crippen molar-refractivity contribution in [3.8, 4) is 0 Å². The summed E-state index contributed by atoms with van der Waals surface area (Å²) >= 11 is 12.2. The quantitative estimate of drug-likeness (QED) is 0.741. The number of aromatic nitrogens is 1. The first kappa shape index (κ1) is 15.1. The molecule has 0 N–H and O–H groups in total. The Labute approximate surface area is 130 Å². The van der Waals surface area contributed by atoms with Gasteiger partial charge in [0.2, 0.25) is 0 Å². The highest BCUT2D eigenvalue weighted by Crippen LogP contribution is 2.29. The van der Waals surface area contributed by atoms with E-state index < -0.39 is 0 Å². The lowest BCUT2D eigenvalue weighted by molar-refractivity contribution is 0.727. The molecule has 20 heavy (non-hydrogen) atoms. The van der Waals surface area contributed by atoms with Gasteiger partial charge in [0, 0.05) is 23.6 Å². The van der Waals surface area contributed by atoms with E-state index in [4.69, 9.17) is 23.2 Å². The summed E-state index contributed by atoms with van der Waals surface area (Å²) in [6.45, 7) is 4.10. The van der Waals surface area contributed by atoms with E-state index in [1.165, 1.54) is 0 Å². The van der Waals surface area contributed by atoms with Crippen molar-refractivity contribution in [2.75, 3.05) is 11.9 Å². The zero-order valence-corrected chi connectivity index (χ0v) is 13.4. The van der Waals surface area contributed by atoms with Crippen LogP contribution in [-0.2, 0) is 5.88 Å². The maximum absolute atomic E-state index is 6.27. The number of hydrogen-bond acceptors (Lipinski definition) is 2. The minimum absolute atomic E-state index is 0.140. The molecule has 0 aliphatic carbocycles. The fourth-order valence-corrected chi connectivity index (χ4v) is 2.65. The van der Waals surface area contributed by atoms with Gasteiger partial charge in [0.05, 0.1) is 6.04 Å². The van der Waals surface area contributed by atoms with Crippen LogP contribution in [0.4, 0.5) is 5.82 Å². The first-order valence-corrected chi connectivity index (χ1v) is 7.45. The molecule has 0 bridgehead atoms. The molecular weight excluding hydrogens is 291 g/mol. The van der Waals surface area contributed by atoms with E-state index in [1.54, 1.807) is 0 Å². The van der Waals surface area contributed by atoms with Gasteiger partial charge in [0.15, 0.2) is 0 Å². The van der Waals surface area contributed by atoms with Crippen LogP contribution >= 0.6 is 23.2 Å². The van der Waals surface area contributed by atoms with Gasteiger partial charge >= 0.3 is 0 Å². The third kappa shape index (κ3) is 3.25. The number of anilines is 1. The average Bonchev–Trinajstić information content (AvgIpc) is 2.45. The van der Waals surface area contributed by atoms with Crippen LogP contribution in [0.15, 0.2) is 36.4 Å². The summed E-state index contributed by atoms with van der Waals surface area (Å²) in [6, 6.07) is 12.1. The molecule has 1 aromatic heterocycles. The zero-order valence-electron chi connectivity index (χ0n) is 11.9. The monoisotopic (exact) mass is 308 g/mol. The molecule has 0 fully saturated rings. The lowest BCUT2D eigenvalue weighted by Gasteiger charge is -2.27. The van der Waals surface area contributed by atoms with Crippen molar-refractivity contribution in [2.24, 2.45) is 0 Å². The van der Waals surface area contributed by atoms with Crippen LogP contribution in [-0.4, -0.2) is 12.0 Å². The molecule has 2 nitrogen and oxygen atoms in total. The van der Waals surface area contributed by atoms with Crippen molar-refractivity contribution in [1.82, 2.24) is 4.98 Å². The third-order valence-electron chi connectivity index (χ3n) is 3.45. The summed E-state index contributed by atoms with van der Waals surface area (Å²) in [4.78, 5) is 6.70. The maximum Gasteiger partial charge on any atom is 0.129 e. The van der Waals surface area contributed by atoms with E-state index in [-0.39, 0.29) is 6.04 Å². The van der Waals surface area contributed by atoms with E-state index in [2.05, 4.69) is 16.8 Å². The number of nitrogens with zero attached hydrogens (tertiary/aromatic N) is 2. The fraction of sp³-hybridized carbons (Fsp3) is 0.312. The maximum atomic E-state index is 6.27. The SMILES string of the molecule is Cc1cc(CCl)cc(N(C)C(C)c2ccccc2Cl)n1. The molecular formula is C16H18Cl2N2. The number of halogens is 2. The molecule has 1 unspecified atom stereocenters. The Morgan fingerprint density at radius 3 is 2.60 bits per heavy atom. The van der Waals surface area contributed by atoms with Crippen molar-refractivity contribution in [1.29, 1.82) is 0 Å². The number of pyridine rings is 1. The van der Waals surface area contributed by atoms with Gasteiger partial charge in [-0.2, -0.15) is 0 Å². The number of rotatable bonds is 4. The topological polar surface area (TPSA) is 16.1 Å². The van der Waals surface area contributed by atoms with Crippen LogP contribution in [0.3, 0.4) is 0 Å². The molecule has 0 aliphatic heterocycles. The molecule has 0 saturated carbocycles. The summed E-state index contributed by atoms with van der Waals surface area (Å²) < 4.78 is 0. The van der Waals surface area contributed by atoms with Crippen LogP contribution < -0.4 is 4.90 Å². The average molecular weight is 309 g/mol.